The third-order valence-electron chi connectivity index (χ3n) is 5.39. The molecular formula is C26H23BrN4O3S. The lowest BCUT2D eigenvalue weighted by atomic mass is 10.1. The van der Waals surface area contributed by atoms with Crippen LogP contribution in [0.5, 0.6) is 17.4 Å². The van der Waals surface area contributed by atoms with E-state index in [1.54, 1.807) is 7.11 Å². The van der Waals surface area contributed by atoms with Crippen molar-refractivity contribution in [3.05, 3.63) is 82.3 Å². The van der Waals surface area contributed by atoms with Gasteiger partial charge in [-0.05, 0) is 47.7 Å². The van der Waals surface area contributed by atoms with E-state index in [4.69, 9.17) is 14.2 Å². The van der Waals surface area contributed by atoms with E-state index < -0.39 is 6.23 Å². The first-order valence-electron chi connectivity index (χ1n) is 11.1. The summed E-state index contributed by atoms with van der Waals surface area (Å²) in [5, 5.41) is 12.8. The summed E-state index contributed by atoms with van der Waals surface area (Å²) in [7, 11) is 1.63. The molecule has 1 N–H and O–H groups in total. The molecule has 0 aliphatic carbocycles. The highest BCUT2D eigenvalue weighted by Gasteiger charge is 2.27. The van der Waals surface area contributed by atoms with E-state index in [1.807, 2.05) is 73.7 Å². The van der Waals surface area contributed by atoms with E-state index in [-0.39, 0.29) is 0 Å². The third-order valence-corrected chi connectivity index (χ3v) is 6.60. The van der Waals surface area contributed by atoms with Gasteiger partial charge in [-0.1, -0.05) is 64.9 Å². The van der Waals surface area contributed by atoms with Crippen molar-refractivity contribution in [2.75, 3.05) is 18.2 Å². The molecule has 0 radical (unpaired) electrons. The van der Waals surface area contributed by atoms with Gasteiger partial charge in [-0.15, -0.1) is 10.2 Å². The standard InChI is InChI=1S/C26H23BrN4O3S/c1-3-35-26-29-25-23(30-31-26)19-14-18(27)10-11-20(19)28-24(34-25)17-9-12-21(22(13-17)32-2)33-15-16-7-5-4-6-8-16/h4-14,24,28H,3,15H2,1-2H3/t24-/m1/s1. The Morgan fingerprint density at radius 2 is 1.89 bits per heavy atom. The number of aromatic nitrogens is 3. The van der Waals surface area contributed by atoms with Gasteiger partial charge in [-0.2, -0.15) is 4.98 Å². The van der Waals surface area contributed by atoms with Crippen LogP contribution >= 0.6 is 27.7 Å². The minimum Gasteiger partial charge on any atom is -0.493 e. The zero-order valence-corrected chi connectivity index (χ0v) is 21.6. The van der Waals surface area contributed by atoms with Crippen LogP contribution in [0, 0.1) is 0 Å². The van der Waals surface area contributed by atoms with Crippen LogP contribution in [0.3, 0.4) is 0 Å². The molecule has 1 aromatic heterocycles. The summed E-state index contributed by atoms with van der Waals surface area (Å²) in [6, 6.07) is 21.7. The van der Waals surface area contributed by atoms with E-state index in [9.17, 15) is 0 Å². The van der Waals surface area contributed by atoms with E-state index in [0.29, 0.717) is 34.8 Å². The first-order chi connectivity index (χ1) is 17.1. The average molecular weight is 551 g/mol. The quantitative estimate of drug-likeness (QED) is 0.261. The Morgan fingerprint density at radius 3 is 2.69 bits per heavy atom. The van der Waals surface area contributed by atoms with Crippen LogP contribution in [0.15, 0.2) is 76.4 Å². The molecule has 2 heterocycles. The van der Waals surface area contributed by atoms with Gasteiger partial charge in [0.15, 0.2) is 23.4 Å². The van der Waals surface area contributed by atoms with Gasteiger partial charge < -0.3 is 19.5 Å². The molecule has 1 aliphatic rings. The largest absolute Gasteiger partial charge is 0.493 e. The van der Waals surface area contributed by atoms with Crippen LogP contribution in [0.1, 0.15) is 24.3 Å². The van der Waals surface area contributed by atoms with Crippen molar-refractivity contribution in [1.82, 2.24) is 15.2 Å². The fourth-order valence-electron chi connectivity index (χ4n) is 3.71. The van der Waals surface area contributed by atoms with Crippen molar-refractivity contribution >= 4 is 33.4 Å². The Kier molecular flexibility index (Phi) is 7.06. The maximum absolute atomic E-state index is 6.37. The van der Waals surface area contributed by atoms with E-state index in [1.165, 1.54) is 11.8 Å². The van der Waals surface area contributed by atoms with Crippen LogP contribution < -0.4 is 19.5 Å². The molecule has 1 atom stereocenters. The summed E-state index contributed by atoms with van der Waals surface area (Å²) in [4.78, 5) is 4.65. The first-order valence-corrected chi connectivity index (χ1v) is 12.9. The van der Waals surface area contributed by atoms with Crippen molar-refractivity contribution in [2.24, 2.45) is 0 Å². The highest BCUT2D eigenvalue weighted by atomic mass is 79.9. The Bertz CT molecular complexity index is 1340. The van der Waals surface area contributed by atoms with E-state index in [0.717, 1.165) is 32.6 Å². The van der Waals surface area contributed by atoms with E-state index >= 15 is 0 Å². The maximum Gasteiger partial charge on any atom is 0.247 e. The molecular weight excluding hydrogens is 528 g/mol. The SMILES string of the molecule is CCSc1nnc2c(n1)O[C@H](c1ccc(OCc3ccccc3)c(OC)c1)Nc1ccc(Br)cc1-2. The van der Waals surface area contributed by atoms with Crippen LogP contribution in [-0.2, 0) is 6.61 Å². The van der Waals surface area contributed by atoms with Crippen molar-refractivity contribution in [2.45, 2.75) is 24.9 Å². The second-order valence-corrected chi connectivity index (χ2v) is 9.84. The molecule has 0 spiro atoms. The number of hydrogen-bond acceptors (Lipinski definition) is 8. The Hall–Kier alpha value is -3.30. The molecule has 0 saturated heterocycles. The number of fused-ring (bicyclic) bond motifs is 3. The highest BCUT2D eigenvalue weighted by Crippen LogP contribution is 2.42. The minimum absolute atomic E-state index is 0.425. The second kappa shape index (κ2) is 10.5. The summed E-state index contributed by atoms with van der Waals surface area (Å²) in [5.74, 6) is 2.54. The number of rotatable bonds is 7. The molecule has 0 amide bonds. The zero-order valence-electron chi connectivity index (χ0n) is 19.2. The number of thioether (sulfide) groups is 1. The van der Waals surface area contributed by atoms with Crippen molar-refractivity contribution in [3.8, 4) is 28.6 Å². The lowest BCUT2D eigenvalue weighted by molar-refractivity contribution is 0.224. The third kappa shape index (κ3) is 5.21. The number of benzene rings is 3. The van der Waals surface area contributed by atoms with Gasteiger partial charge >= 0.3 is 0 Å². The molecule has 5 rings (SSSR count). The van der Waals surface area contributed by atoms with Gasteiger partial charge in [0.2, 0.25) is 11.0 Å². The fourth-order valence-corrected chi connectivity index (χ4v) is 4.58. The summed E-state index contributed by atoms with van der Waals surface area (Å²) in [6.07, 6.45) is -0.524. The number of hydrogen-bond donors (Lipinski definition) is 1. The zero-order chi connectivity index (χ0) is 24.2. The second-order valence-electron chi connectivity index (χ2n) is 7.70. The molecule has 4 aromatic rings. The van der Waals surface area contributed by atoms with Crippen LogP contribution in [-0.4, -0.2) is 28.0 Å². The Labute approximate surface area is 216 Å². The lowest BCUT2D eigenvalue weighted by Gasteiger charge is -2.21. The van der Waals surface area contributed by atoms with Gasteiger partial charge in [-0.3, -0.25) is 0 Å². The number of nitrogens with zero attached hydrogens (tertiary/aromatic N) is 3. The maximum atomic E-state index is 6.37. The summed E-state index contributed by atoms with van der Waals surface area (Å²) in [5.41, 5.74) is 4.26. The highest BCUT2D eigenvalue weighted by molar-refractivity contribution is 9.10. The predicted molar refractivity (Wildman–Crippen MR) is 140 cm³/mol. The van der Waals surface area contributed by atoms with Crippen molar-refractivity contribution < 1.29 is 14.2 Å². The molecule has 1 aliphatic heterocycles. The molecule has 0 bridgehead atoms. The molecule has 0 fully saturated rings. The number of nitrogens with one attached hydrogen (secondary N) is 1. The van der Waals surface area contributed by atoms with Crippen molar-refractivity contribution in [1.29, 1.82) is 0 Å². The molecule has 9 heteroatoms. The molecule has 0 saturated carbocycles. The fraction of sp³-hybridized carbons (Fsp3) is 0.192. The first kappa shape index (κ1) is 23.4. The molecule has 7 nitrogen and oxygen atoms in total. The minimum atomic E-state index is -0.524. The number of halogens is 1. The molecule has 178 valence electrons. The van der Waals surface area contributed by atoms with Gasteiger partial charge in [0.05, 0.1) is 7.11 Å². The summed E-state index contributed by atoms with van der Waals surface area (Å²) >= 11 is 5.07. The van der Waals surface area contributed by atoms with Gasteiger partial charge in [0.1, 0.15) is 6.61 Å². The van der Waals surface area contributed by atoms with Crippen LogP contribution in [0.4, 0.5) is 5.69 Å². The normalized spacial score (nSPS) is 14.1. The molecule has 35 heavy (non-hydrogen) atoms. The molecule has 0 unspecified atom stereocenters. The van der Waals surface area contributed by atoms with Crippen LogP contribution in [0.25, 0.3) is 11.3 Å². The van der Waals surface area contributed by atoms with Gasteiger partial charge in [-0.25, -0.2) is 0 Å². The average Bonchev–Trinajstić information content (AvgIpc) is 3.04. The van der Waals surface area contributed by atoms with E-state index in [2.05, 4.69) is 36.4 Å². The monoisotopic (exact) mass is 550 g/mol. The van der Waals surface area contributed by atoms with Gasteiger partial charge in [0.25, 0.3) is 0 Å². The topological polar surface area (TPSA) is 78.4 Å². The summed E-state index contributed by atoms with van der Waals surface area (Å²) in [6.45, 7) is 2.50. The number of methoxy groups -OCH3 is 1. The number of ether oxygens (including phenoxy) is 3. The Balaban J connectivity index is 1.48. The van der Waals surface area contributed by atoms with Crippen LogP contribution in [0.2, 0.25) is 0 Å². The molecule has 3 aromatic carbocycles. The smallest absolute Gasteiger partial charge is 0.247 e. The summed E-state index contributed by atoms with van der Waals surface area (Å²) < 4.78 is 19.0. The lowest BCUT2D eigenvalue weighted by Crippen LogP contribution is -2.17. The number of anilines is 1. The van der Waals surface area contributed by atoms with Crippen molar-refractivity contribution in [3.63, 3.8) is 0 Å². The predicted octanol–water partition coefficient (Wildman–Crippen LogP) is 6.50. The van der Waals surface area contributed by atoms with Gasteiger partial charge in [0, 0.05) is 21.3 Å². The Morgan fingerprint density at radius 1 is 1.03 bits per heavy atom.